The third-order valence-corrected chi connectivity index (χ3v) is 5.68. The van der Waals surface area contributed by atoms with Crippen molar-refractivity contribution in [2.24, 2.45) is 0 Å². The Labute approximate surface area is 166 Å². The van der Waals surface area contributed by atoms with Crippen LogP contribution in [0.4, 0.5) is 0 Å². The lowest BCUT2D eigenvalue weighted by Gasteiger charge is -2.26. The van der Waals surface area contributed by atoms with Crippen LogP contribution < -0.4 is 0 Å². The maximum Gasteiger partial charge on any atom is 0.254 e. The Bertz CT molecular complexity index is 787. The number of benzene rings is 2. The Kier molecular flexibility index (Phi) is 6.40. The summed E-state index contributed by atoms with van der Waals surface area (Å²) in [5, 5.41) is 9.79. The Balaban J connectivity index is 1.75. The molecule has 1 aliphatic heterocycles. The van der Waals surface area contributed by atoms with Crippen molar-refractivity contribution in [1.29, 1.82) is 0 Å². The molecule has 0 radical (unpaired) electrons. The SMILES string of the molecule is CCN(CC)Cc1ccc(C2CCCN2C(=O)c2ccc(O)c(Cl)c2)cc1. The van der Waals surface area contributed by atoms with Crippen molar-refractivity contribution in [3.8, 4) is 5.75 Å². The minimum absolute atomic E-state index is 0.00465. The number of rotatable bonds is 6. The number of phenols is 1. The molecule has 0 bridgehead atoms. The maximum absolute atomic E-state index is 13.0. The zero-order valence-corrected chi connectivity index (χ0v) is 16.7. The second-order valence-electron chi connectivity index (χ2n) is 7.03. The molecule has 2 aromatic rings. The summed E-state index contributed by atoms with van der Waals surface area (Å²) in [7, 11) is 0. The van der Waals surface area contributed by atoms with Gasteiger partial charge in [0, 0.05) is 18.7 Å². The Morgan fingerprint density at radius 1 is 1.19 bits per heavy atom. The van der Waals surface area contributed by atoms with Crippen LogP contribution in [0, 0.1) is 0 Å². The molecular weight excluding hydrogens is 360 g/mol. The number of aromatic hydroxyl groups is 1. The van der Waals surface area contributed by atoms with Gasteiger partial charge in [0.1, 0.15) is 5.75 Å². The highest BCUT2D eigenvalue weighted by Crippen LogP contribution is 2.34. The van der Waals surface area contributed by atoms with Crippen molar-refractivity contribution in [2.45, 2.75) is 39.3 Å². The first kappa shape index (κ1) is 19.7. The zero-order valence-electron chi connectivity index (χ0n) is 16.0. The third kappa shape index (κ3) is 4.45. The number of carbonyl (C=O) groups is 1. The molecule has 1 fully saturated rings. The summed E-state index contributed by atoms with van der Waals surface area (Å²) in [6, 6.07) is 13.4. The summed E-state index contributed by atoms with van der Waals surface area (Å²) < 4.78 is 0. The summed E-state index contributed by atoms with van der Waals surface area (Å²) in [5.41, 5.74) is 2.99. The van der Waals surface area contributed by atoms with Crippen LogP contribution >= 0.6 is 11.6 Å². The summed E-state index contributed by atoms with van der Waals surface area (Å²) in [6.45, 7) is 8.12. The molecule has 3 rings (SSSR count). The molecule has 0 aromatic heterocycles. The van der Waals surface area contributed by atoms with Gasteiger partial charge in [-0.15, -0.1) is 0 Å². The topological polar surface area (TPSA) is 43.8 Å². The molecule has 0 aliphatic carbocycles. The van der Waals surface area contributed by atoms with E-state index in [4.69, 9.17) is 11.6 Å². The fraction of sp³-hybridized carbons (Fsp3) is 0.409. The zero-order chi connectivity index (χ0) is 19.4. The van der Waals surface area contributed by atoms with Crippen molar-refractivity contribution in [2.75, 3.05) is 19.6 Å². The highest BCUT2D eigenvalue weighted by molar-refractivity contribution is 6.32. The molecule has 1 saturated heterocycles. The van der Waals surface area contributed by atoms with Crippen molar-refractivity contribution >= 4 is 17.5 Å². The van der Waals surface area contributed by atoms with Gasteiger partial charge in [-0.25, -0.2) is 0 Å². The van der Waals surface area contributed by atoms with Gasteiger partial charge >= 0.3 is 0 Å². The molecule has 1 N–H and O–H groups in total. The molecule has 0 spiro atoms. The van der Waals surface area contributed by atoms with Gasteiger partial charge in [0.2, 0.25) is 0 Å². The van der Waals surface area contributed by atoms with Crippen LogP contribution in [0.3, 0.4) is 0 Å². The minimum Gasteiger partial charge on any atom is -0.506 e. The van der Waals surface area contributed by atoms with Crippen LogP contribution in [0.5, 0.6) is 5.75 Å². The Hall–Kier alpha value is -2.04. The van der Waals surface area contributed by atoms with Gasteiger partial charge in [0.25, 0.3) is 5.91 Å². The van der Waals surface area contributed by atoms with Crippen LogP contribution in [0.2, 0.25) is 5.02 Å². The normalized spacial score (nSPS) is 16.9. The second kappa shape index (κ2) is 8.77. The van der Waals surface area contributed by atoms with Crippen LogP contribution in [-0.2, 0) is 6.54 Å². The smallest absolute Gasteiger partial charge is 0.254 e. The van der Waals surface area contributed by atoms with E-state index in [0.29, 0.717) is 5.56 Å². The number of carbonyl (C=O) groups excluding carboxylic acids is 1. The van der Waals surface area contributed by atoms with E-state index in [9.17, 15) is 9.90 Å². The first-order chi connectivity index (χ1) is 13.0. The standard InChI is InChI=1S/C22H27ClN2O2/c1-3-24(4-2)15-16-7-9-17(10-8-16)20-6-5-13-25(20)22(27)18-11-12-21(26)19(23)14-18/h7-12,14,20,26H,3-6,13,15H2,1-2H3. The number of likely N-dealkylation sites (tertiary alicyclic amines) is 1. The van der Waals surface area contributed by atoms with Crippen LogP contribution in [0.15, 0.2) is 42.5 Å². The van der Waals surface area contributed by atoms with Gasteiger partial charge in [-0.3, -0.25) is 9.69 Å². The van der Waals surface area contributed by atoms with Gasteiger partial charge in [0.05, 0.1) is 11.1 Å². The highest BCUT2D eigenvalue weighted by Gasteiger charge is 2.30. The number of halogens is 1. The molecule has 144 valence electrons. The lowest BCUT2D eigenvalue weighted by molar-refractivity contribution is 0.0735. The molecule has 27 heavy (non-hydrogen) atoms. The number of hydrogen-bond donors (Lipinski definition) is 1. The maximum atomic E-state index is 13.0. The summed E-state index contributed by atoms with van der Waals surface area (Å²) >= 11 is 5.98. The number of amides is 1. The number of hydrogen-bond acceptors (Lipinski definition) is 3. The fourth-order valence-electron chi connectivity index (χ4n) is 3.71. The molecule has 2 aromatic carbocycles. The van der Waals surface area contributed by atoms with Crippen LogP contribution in [-0.4, -0.2) is 40.4 Å². The summed E-state index contributed by atoms with van der Waals surface area (Å²) in [5.74, 6) is -0.0402. The molecular formula is C22H27ClN2O2. The van der Waals surface area contributed by atoms with E-state index in [1.165, 1.54) is 17.2 Å². The third-order valence-electron chi connectivity index (χ3n) is 5.37. The number of nitrogens with zero attached hydrogens (tertiary/aromatic N) is 2. The van der Waals surface area contributed by atoms with Gasteiger partial charge in [-0.05, 0) is 55.3 Å². The average Bonchev–Trinajstić information content (AvgIpc) is 3.18. The van der Waals surface area contributed by atoms with E-state index >= 15 is 0 Å². The molecule has 1 unspecified atom stereocenters. The van der Waals surface area contributed by atoms with Gasteiger partial charge in [-0.1, -0.05) is 49.7 Å². The predicted octanol–water partition coefficient (Wildman–Crippen LogP) is 4.86. The second-order valence-corrected chi connectivity index (χ2v) is 7.43. The largest absolute Gasteiger partial charge is 0.506 e. The van der Waals surface area contributed by atoms with Gasteiger partial charge in [0.15, 0.2) is 0 Å². The molecule has 1 atom stereocenters. The predicted molar refractivity (Wildman–Crippen MR) is 109 cm³/mol. The monoisotopic (exact) mass is 386 g/mol. The Morgan fingerprint density at radius 2 is 1.89 bits per heavy atom. The summed E-state index contributed by atoms with van der Waals surface area (Å²) in [6.07, 6.45) is 1.95. The van der Waals surface area contributed by atoms with E-state index in [1.54, 1.807) is 12.1 Å². The van der Waals surface area contributed by atoms with Gasteiger partial charge < -0.3 is 10.0 Å². The molecule has 0 saturated carbocycles. The average molecular weight is 387 g/mol. The molecule has 1 amide bonds. The quantitative estimate of drug-likeness (QED) is 0.770. The van der Waals surface area contributed by atoms with E-state index in [0.717, 1.165) is 39.0 Å². The van der Waals surface area contributed by atoms with Crippen molar-refractivity contribution < 1.29 is 9.90 Å². The van der Waals surface area contributed by atoms with Crippen molar-refractivity contribution in [3.63, 3.8) is 0 Å². The van der Waals surface area contributed by atoms with Crippen LogP contribution in [0.25, 0.3) is 0 Å². The Morgan fingerprint density at radius 3 is 2.52 bits per heavy atom. The number of phenolic OH excluding ortho intramolecular Hbond substituents is 1. The van der Waals surface area contributed by atoms with Crippen LogP contribution in [0.1, 0.15) is 54.2 Å². The molecule has 1 heterocycles. The fourth-order valence-corrected chi connectivity index (χ4v) is 3.89. The molecule has 4 nitrogen and oxygen atoms in total. The van der Waals surface area contributed by atoms with Crippen molar-refractivity contribution in [1.82, 2.24) is 9.80 Å². The van der Waals surface area contributed by atoms with Gasteiger partial charge in [-0.2, -0.15) is 0 Å². The van der Waals surface area contributed by atoms with Crippen molar-refractivity contribution in [3.05, 3.63) is 64.2 Å². The highest BCUT2D eigenvalue weighted by atomic mass is 35.5. The minimum atomic E-state index is -0.0355. The molecule has 1 aliphatic rings. The lowest BCUT2D eigenvalue weighted by Crippen LogP contribution is -2.30. The lowest BCUT2D eigenvalue weighted by atomic mass is 10.0. The van der Waals surface area contributed by atoms with E-state index in [-0.39, 0.29) is 22.7 Å². The van der Waals surface area contributed by atoms with E-state index < -0.39 is 0 Å². The molecule has 5 heteroatoms. The first-order valence-corrected chi connectivity index (χ1v) is 10.0. The first-order valence-electron chi connectivity index (χ1n) is 9.64. The van der Waals surface area contributed by atoms with E-state index in [1.807, 2.05) is 4.90 Å². The summed E-state index contributed by atoms with van der Waals surface area (Å²) in [4.78, 5) is 17.3. The van der Waals surface area contributed by atoms with E-state index in [2.05, 4.69) is 43.0 Å².